The van der Waals surface area contributed by atoms with Crippen LogP contribution in [-0.2, 0) is 17.8 Å². The summed E-state index contributed by atoms with van der Waals surface area (Å²) >= 11 is 0. The lowest BCUT2D eigenvalue weighted by molar-refractivity contribution is 0.123. The van der Waals surface area contributed by atoms with Crippen LogP contribution in [0.5, 0.6) is 5.88 Å². The van der Waals surface area contributed by atoms with E-state index in [0.29, 0.717) is 13.1 Å². The molecule has 5 heteroatoms. The average Bonchev–Trinajstić information content (AvgIpc) is 2.84. The first-order valence-corrected chi connectivity index (χ1v) is 9.98. The standard InChI is InChI=1S/C20H38N2O3/c1-5-7-9-15-25-16-10-8-12-20(3,4)13-11-14-22-18(23)17-21(6-2)19(22)24/h17,23H,5-16H2,1-4H3. The van der Waals surface area contributed by atoms with Crippen LogP contribution in [0.15, 0.2) is 11.0 Å². The third-order valence-corrected chi connectivity index (χ3v) is 4.88. The fraction of sp³-hybridized carbons (Fsp3) is 0.850. The molecule has 5 nitrogen and oxygen atoms in total. The van der Waals surface area contributed by atoms with Crippen LogP contribution < -0.4 is 5.69 Å². The van der Waals surface area contributed by atoms with Crippen molar-refractivity contribution in [1.29, 1.82) is 0 Å². The van der Waals surface area contributed by atoms with Crippen LogP contribution >= 0.6 is 0 Å². The molecule has 1 aromatic rings. The van der Waals surface area contributed by atoms with Gasteiger partial charge in [-0.25, -0.2) is 4.79 Å². The Bertz CT molecular complexity index is 532. The van der Waals surface area contributed by atoms with Gasteiger partial charge in [-0.2, -0.15) is 0 Å². The lowest BCUT2D eigenvalue weighted by Crippen LogP contribution is -2.24. The van der Waals surface area contributed by atoms with Crippen molar-refractivity contribution in [3.63, 3.8) is 0 Å². The van der Waals surface area contributed by atoms with E-state index in [0.717, 1.165) is 32.5 Å². The molecule has 25 heavy (non-hydrogen) atoms. The molecule has 146 valence electrons. The van der Waals surface area contributed by atoms with E-state index in [1.54, 1.807) is 4.57 Å². The summed E-state index contributed by atoms with van der Waals surface area (Å²) in [5, 5.41) is 9.88. The van der Waals surface area contributed by atoms with E-state index in [1.165, 1.54) is 42.9 Å². The van der Waals surface area contributed by atoms with Crippen molar-refractivity contribution in [2.45, 2.75) is 92.2 Å². The van der Waals surface area contributed by atoms with Crippen LogP contribution in [0.1, 0.15) is 79.1 Å². The number of ether oxygens (including phenoxy) is 1. The van der Waals surface area contributed by atoms with Gasteiger partial charge in [-0.15, -0.1) is 0 Å². The van der Waals surface area contributed by atoms with Crippen molar-refractivity contribution in [2.75, 3.05) is 13.2 Å². The predicted octanol–water partition coefficient (Wildman–Crippen LogP) is 4.56. The first-order valence-electron chi connectivity index (χ1n) is 9.98. The van der Waals surface area contributed by atoms with Crippen molar-refractivity contribution < 1.29 is 9.84 Å². The van der Waals surface area contributed by atoms with Gasteiger partial charge in [0, 0.05) is 26.3 Å². The largest absolute Gasteiger partial charge is 0.493 e. The number of unbranched alkanes of at least 4 members (excludes halogenated alkanes) is 3. The van der Waals surface area contributed by atoms with Gasteiger partial charge in [-0.05, 0) is 44.4 Å². The van der Waals surface area contributed by atoms with Gasteiger partial charge in [0.15, 0.2) is 0 Å². The SMILES string of the molecule is CCCCCOCCCCC(C)(C)CCCn1c(O)cn(CC)c1=O. The van der Waals surface area contributed by atoms with Gasteiger partial charge in [0.05, 0.1) is 6.20 Å². The Hall–Kier alpha value is -1.23. The number of rotatable bonds is 14. The van der Waals surface area contributed by atoms with Gasteiger partial charge >= 0.3 is 5.69 Å². The smallest absolute Gasteiger partial charge is 0.331 e. The number of aromatic nitrogens is 2. The van der Waals surface area contributed by atoms with E-state index in [2.05, 4.69) is 20.8 Å². The second-order valence-electron chi connectivity index (χ2n) is 7.75. The van der Waals surface area contributed by atoms with Crippen LogP contribution in [0, 0.1) is 5.41 Å². The Kier molecular flexibility index (Phi) is 9.94. The second-order valence-corrected chi connectivity index (χ2v) is 7.75. The number of imidazole rings is 1. The minimum atomic E-state index is -0.113. The molecule has 0 atom stereocenters. The maximum absolute atomic E-state index is 12.1. The zero-order chi connectivity index (χ0) is 18.7. The van der Waals surface area contributed by atoms with Crippen LogP contribution in [0.25, 0.3) is 0 Å². The van der Waals surface area contributed by atoms with E-state index in [9.17, 15) is 9.90 Å². The van der Waals surface area contributed by atoms with E-state index in [1.807, 2.05) is 6.92 Å². The Morgan fingerprint density at radius 2 is 1.68 bits per heavy atom. The second kappa shape index (κ2) is 11.4. The Morgan fingerprint density at radius 3 is 2.28 bits per heavy atom. The van der Waals surface area contributed by atoms with Gasteiger partial charge in [-0.1, -0.05) is 40.0 Å². The van der Waals surface area contributed by atoms with E-state index >= 15 is 0 Å². The highest BCUT2D eigenvalue weighted by Crippen LogP contribution is 2.29. The monoisotopic (exact) mass is 354 g/mol. The number of aryl methyl sites for hydroxylation is 1. The zero-order valence-corrected chi connectivity index (χ0v) is 16.7. The molecule has 0 saturated heterocycles. The summed E-state index contributed by atoms with van der Waals surface area (Å²) in [5.74, 6) is 0.0740. The van der Waals surface area contributed by atoms with Gasteiger partial charge < -0.3 is 9.84 Å². The molecule has 0 radical (unpaired) electrons. The molecule has 0 amide bonds. The number of hydrogen-bond donors (Lipinski definition) is 1. The molecule has 0 aliphatic rings. The summed E-state index contributed by atoms with van der Waals surface area (Å²) in [6.07, 6.45) is 10.6. The van der Waals surface area contributed by atoms with Gasteiger partial charge in [0.1, 0.15) is 0 Å². The van der Waals surface area contributed by atoms with Crippen molar-refractivity contribution in [3.05, 3.63) is 16.7 Å². The molecule has 1 heterocycles. The van der Waals surface area contributed by atoms with Gasteiger partial charge in [0.25, 0.3) is 0 Å². The van der Waals surface area contributed by atoms with Crippen LogP contribution in [-0.4, -0.2) is 27.5 Å². The molecule has 0 spiro atoms. The molecule has 0 aliphatic carbocycles. The summed E-state index contributed by atoms with van der Waals surface area (Å²) in [5.41, 5.74) is 0.146. The lowest BCUT2D eigenvalue weighted by atomic mass is 9.83. The van der Waals surface area contributed by atoms with Crippen LogP contribution in [0.3, 0.4) is 0 Å². The Balaban J connectivity index is 2.21. The molecule has 1 rings (SSSR count). The first kappa shape index (κ1) is 21.8. The molecule has 1 N–H and O–H groups in total. The summed E-state index contributed by atoms with van der Waals surface area (Å²) in [4.78, 5) is 12.1. The summed E-state index contributed by atoms with van der Waals surface area (Å²) in [6, 6.07) is 0. The molecule has 1 aromatic heterocycles. The maximum Gasteiger partial charge on any atom is 0.331 e. The van der Waals surface area contributed by atoms with Crippen molar-refractivity contribution in [2.24, 2.45) is 5.41 Å². The highest BCUT2D eigenvalue weighted by Gasteiger charge is 2.18. The summed E-state index contributed by atoms with van der Waals surface area (Å²) in [7, 11) is 0. The predicted molar refractivity (Wildman–Crippen MR) is 103 cm³/mol. The maximum atomic E-state index is 12.1. The molecule has 0 fully saturated rings. The highest BCUT2D eigenvalue weighted by molar-refractivity contribution is 5.05. The highest BCUT2D eigenvalue weighted by atomic mass is 16.5. The number of hydrogen-bond acceptors (Lipinski definition) is 3. The molecule has 0 aromatic carbocycles. The number of nitrogens with zero attached hydrogens (tertiary/aromatic N) is 2. The molecular formula is C20H38N2O3. The van der Waals surface area contributed by atoms with Crippen molar-refractivity contribution >= 4 is 0 Å². The minimum absolute atomic E-state index is 0.0740. The van der Waals surface area contributed by atoms with E-state index in [4.69, 9.17) is 4.74 Å². The van der Waals surface area contributed by atoms with Crippen LogP contribution in [0.2, 0.25) is 0 Å². The minimum Gasteiger partial charge on any atom is -0.493 e. The quantitative estimate of drug-likeness (QED) is 0.498. The van der Waals surface area contributed by atoms with Crippen LogP contribution in [0.4, 0.5) is 0 Å². The normalized spacial score (nSPS) is 12.0. The summed E-state index contributed by atoms with van der Waals surface area (Å²) < 4.78 is 8.68. The summed E-state index contributed by atoms with van der Waals surface area (Å²) in [6.45, 7) is 11.6. The van der Waals surface area contributed by atoms with Crippen molar-refractivity contribution in [3.8, 4) is 5.88 Å². The van der Waals surface area contributed by atoms with E-state index in [-0.39, 0.29) is 17.0 Å². The molecular weight excluding hydrogens is 316 g/mol. The fourth-order valence-electron chi connectivity index (χ4n) is 3.16. The molecule has 0 saturated carbocycles. The third kappa shape index (κ3) is 8.13. The van der Waals surface area contributed by atoms with Gasteiger partial charge in [0.2, 0.25) is 5.88 Å². The zero-order valence-electron chi connectivity index (χ0n) is 16.7. The third-order valence-electron chi connectivity index (χ3n) is 4.88. The van der Waals surface area contributed by atoms with Gasteiger partial charge in [-0.3, -0.25) is 9.13 Å². The Labute approximate surface area is 153 Å². The van der Waals surface area contributed by atoms with Crippen molar-refractivity contribution in [1.82, 2.24) is 9.13 Å². The number of aromatic hydroxyl groups is 1. The topological polar surface area (TPSA) is 56.4 Å². The fourth-order valence-corrected chi connectivity index (χ4v) is 3.16. The molecule has 0 bridgehead atoms. The average molecular weight is 355 g/mol. The van der Waals surface area contributed by atoms with E-state index < -0.39 is 0 Å². The Morgan fingerprint density at radius 1 is 1.04 bits per heavy atom. The lowest BCUT2D eigenvalue weighted by Gasteiger charge is -2.24. The molecule has 0 unspecified atom stereocenters. The first-order chi connectivity index (χ1) is 11.9. The molecule has 0 aliphatic heterocycles.